The molecule has 1 unspecified atom stereocenters. The number of rotatable bonds is 3. The number of hydrogen-bond acceptors (Lipinski definition) is 7. The number of methoxy groups -OCH3 is 1. The number of benzene rings is 2. The monoisotopic (exact) mass is 353 g/mol. The number of ether oxygens (including phenoxy) is 3. The summed E-state index contributed by atoms with van der Waals surface area (Å²) < 4.78 is 16.1. The molecule has 5 rings (SSSR count). The molecular weight excluding hydrogens is 338 g/mol. The third-order valence-electron chi connectivity index (χ3n) is 4.34. The summed E-state index contributed by atoms with van der Waals surface area (Å²) >= 11 is 1.72. The van der Waals surface area contributed by atoms with Crippen molar-refractivity contribution in [2.45, 2.75) is 5.50 Å². The second-order valence-corrected chi connectivity index (χ2v) is 6.64. The highest BCUT2D eigenvalue weighted by Crippen LogP contribution is 2.44. The molecule has 0 bridgehead atoms. The summed E-state index contributed by atoms with van der Waals surface area (Å²) in [6.07, 6.45) is 1.85. The van der Waals surface area contributed by atoms with Crippen molar-refractivity contribution in [1.82, 2.24) is 5.01 Å². The van der Waals surface area contributed by atoms with E-state index in [1.165, 1.54) is 0 Å². The first-order valence-electron chi connectivity index (χ1n) is 7.85. The first-order chi connectivity index (χ1) is 12.3. The van der Waals surface area contributed by atoms with Crippen LogP contribution in [-0.4, -0.2) is 30.7 Å². The van der Waals surface area contributed by atoms with Crippen molar-refractivity contribution >= 4 is 29.5 Å². The van der Waals surface area contributed by atoms with Crippen molar-refractivity contribution in [2.75, 3.05) is 18.8 Å². The molecule has 0 radical (unpaired) electrons. The molecule has 3 heterocycles. The van der Waals surface area contributed by atoms with E-state index in [-0.39, 0.29) is 12.3 Å². The van der Waals surface area contributed by atoms with Gasteiger partial charge in [0.15, 0.2) is 17.0 Å². The Morgan fingerprint density at radius 2 is 1.96 bits per heavy atom. The molecule has 1 atom stereocenters. The van der Waals surface area contributed by atoms with Gasteiger partial charge in [0.25, 0.3) is 0 Å². The molecule has 0 saturated heterocycles. The average Bonchev–Trinajstić information content (AvgIpc) is 3.37. The van der Waals surface area contributed by atoms with Crippen molar-refractivity contribution in [3.05, 3.63) is 53.4 Å². The fraction of sp³-hybridized carbons (Fsp3) is 0.167. The highest BCUT2D eigenvalue weighted by atomic mass is 32.2. The van der Waals surface area contributed by atoms with Gasteiger partial charge in [-0.3, -0.25) is 4.90 Å². The Labute approximate surface area is 149 Å². The van der Waals surface area contributed by atoms with E-state index in [1.807, 2.05) is 53.8 Å². The highest BCUT2D eigenvalue weighted by Gasteiger charge is 2.36. The van der Waals surface area contributed by atoms with Crippen LogP contribution in [0, 0.1) is 0 Å². The lowest BCUT2D eigenvalue weighted by molar-refractivity contribution is 0.174. The smallest absolute Gasteiger partial charge is 0.231 e. The maximum absolute atomic E-state index is 5.48. The van der Waals surface area contributed by atoms with E-state index >= 15 is 0 Å². The van der Waals surface area contributed by atoms with Crippen LogP contribution in [0.4, 0.5) is 5.69 Å². The molecule has 6 nitrogen and oxygen atoms in total. The van der Waals surface area contributed by atoms with Gasteiger partial charge >= 0.3 is 0 Å². The van der Waals surface area contributed by atoms with Crippen LogP contribution in [-0.2, 0) is 0 Å². The van der Waals surface area contributed by atoms with E-state index in [2.05, 4.69) is 15.4 Å². The third kappa shape index (κ3) is 2.31. The quantitative estimate of drug-likeness (QED) is 0.841. The Kier molecular flexibility index (Phi) is 3.27. The van der Waals surface area contributed by atoms with Crippen LogP contribution in [0.25, 0.3) is 5.70 Å². The first-order valence-corrected chi connectivity index (χ1v) is 8.79. The lowest BCUT2D eigenvalue weighted by Gasteiger charge is -2.25. The van der Waals surface area contributed by atoms with Gasteiger partial charge in [-0.1, -0.05) is 11.8 Å². The minimum absolute atomic E-state index is 0.0671. The van der Waals surface area contributed by atoms with Crippen molar-refractivity contribution < 1.29 is 14.2 Å². The van der Waals surface area contributed by atoms with Crippen LogP contribution in [0.1, 0.15) is 5.56 Å². The number of hydrazone groups is 1. The lowest BCUT2D eigenvalue weighted by atomic mass is 10.1. The van der Waals surface area contributed by atoms with Crippen molar-refractivity contribution in [1.29, 1.82) is 0 Å². The van der Waals surface area contributed by atoms with Crippen LogP contribution >= 0.6 is 11.8 Å². The second kappa shape index (κ2) is 5.63. The highest BCUT2D eigenvalue weighted by molar-refractivity contribution is 8.03. The van der Waals surface area contributed by atoms with Gasteiger partial charge in [-0.15, -0.1) is 0 Å². The first kappa shape index (κ1) is 14.5. The molecule has 0 fully saturated rings. The van der Waals surface area contributed by atoms with Crippen LogP contribution < -0.4 is 19.1 Å². The zero-order valence-electron chi connectivity index (χ0n) is 13.5. The Bertz CT molecular complexity index is 882. The van der Waals surface area contributed by atoms with E-state index in [9.17, 15) is 0 Å². The van der Waals surface area contributed by atoms with E-state index in [0.29, 0.717) is 0 Å². The van der Waals surface area contributed by atoms with E-state index in [0.717, 1.165) is 34.2 Å². The molecule has 126 valence electrons. The number of anilines is 1. The van der Waals surface area contributed by atoms with Crippen molar-refractivity contribution in [3.8, 4) is 17.2 Å². The predicted molar refractivity (Wildman–Crippen MR) is 97.7 cm³/mol. The standard InChI is InChI=1S/C18H15N3O3S/c1-22-14-5-2-12(3-6-14)15-9-25-18-20(10-19-21(15)18)13-4-7-16-17(8-13)24-11-23-16/h2-10,18H,11H2,1H3. The summed E-state index contributed by atoms with van der Waals surface area (Å²) in [5, 5.41) is 8.76. The van der Waals surface area contributed by atoms with Gasteiger partial charge in [-0.25, -0.2) is 5.01 Å². The molecule has 0 spiro atoms. The van der Waals surface area contributed by atoms with Gasteiger partial charge < -0.3 is 14.2 Å². The molecule has 3 aliphatic rings. The van der Waals surface area contributed by atoms with Crippen LogP contribution in [0.3, 0.4) is 0 Å². The summed E-state index contributed by atoms with van der Waals surface area (Å²) in [5.41, 5.74) is 3.28. The van der Waals surface area contributed by atoms with Gasteiger partial charge in [0.05, 0.1) is 12.8 Å². The van der Waals surface area contributed by atoms with Gasteiger partial charge in [0, 0.05) is 22.7 Å². The summed E-state index contributed by atoms with van der Waals surface area (Å²) in [5.74, 6) is 2.40. The fourth-order valence-electron chi connectivity index (χ4n) is 3.03. The third-order valence-corrected chi connectivity index (χ3v) is 5.37. The number of fused-ring (bicyclic) bond motifs is 2. The lowest BCUT2D eigenvalue weighted by Crippen LogP contribution is -2.33. The second-order valence-electron chi connectivity index (χ2n) is 5.71. The molecule has 2 aromatic rings. The fourth-order valence-corrected chi connectivity index (χ4v) is 4.11. The summed E-state index contributed by atoms with van der Waals surface area (Å²) in [4.78, 5) is 2.12. The zero-order chi connectivity index (χ0) is 16.8. The maximum atomic E-state index is 5.48. The van der Waals surface area contributed by atoms with E-state index < -0.39 is 0 Å². The molecule has 0 amide bonds. The molecule has 7 heteroatoms. The molecule has 3 aliphatic heterocycles. The van der Waals surface area contributed by atoms with Crippen LogP contribution in [0.5, 0.6) is 17.2 Å². The normalized spacial score (nSPS) is 20.0. The van der Waals surface area contributed by atoms with Crippen LogP contribution in [0.15, 0.2) is 53.0 Å². The molecular formula is C18H15N3O3S. The average molecular weight is 353 g/mol. The number of hydrogen-bond donors (Lipinski definition) is 0. The molecule has 0 aromatic heterocycles. The molecule has 0 saturated carbocycles. The molecule has 25 heavy (non-hydrogen) atoms. The Morgan fingerprint density at radius 3 is 2.80 bits per heavy atom. The van der Waals surface area contributed by atoms with Gasteiger partial charge in [0.2, 0.25) is 6.79 Å². The summed E-state index contributed by atoms with van der Waals surface area (Å²) in [6, 6.07) is 14.0. The molecule has 0 aliphatic carbocycles. The predicted octanol–water partition coefficient (Wildman–Crippen LogP) is 3.52. The van der Waals surface area contributed by atoms with Crippen molar-refractivity contribution in [2.24, 2.45) is 5.10 Å². The minimum atomic E-state index is 0.0671. The van der Waals surface area contributed by atoms with E-state index in [1.54, 1.807) is 18.9 Å². The van der Waals surface area contributed by atoms with Gasteiger partial charge in [0.1, 0.15) is 12.1 Å². The SMILES string of the molecule is COc1ccc(C2=CSC3N2N=CN3c2ccc3c(c2)OCO3)cc1. The zero-order valence-corrected chi connectivity index (χ0v) is 14.3. The van der Waals surface area contributed by atoms with Crippen LogP contribution in [0.2, 0.25) is 0 Å². The number of nitrogens with zero attached hydrogens (tertiary/aromatic N) is 3. The van der Waals surface area contributed by atoms with Gasteiger partial charge in [-0.05, 0) is 36.4 Å². The summed E-state index contributed by atoms with van der Waals surface area (Å²) in [7, 11) is 1.67. The Balaban J connectivity index is 1.40. The van der Waals surface area contributed by atoms with E-state index in [4.69, 9.17) is 14.2 Å². The topological polar surface area (TPSA) is 46.5 Å². The Morgan fingerprint density at radius 1 is 1.12 bits per heavy atom. The molecule has 0 N–H and O–H groups in total. The summed E-state index contributed by atoms with van der Waals surface area (Å²) in [6.45, 7) is 0.278. The number of thioether (sulfide) groups is 1. The largest absolute Gasteiger partial charge is 0.497 e. The Hall–Kier alpha value is -2.80. The molecule has 2 aromatic carbocycles. The van der Waals surface area contributed by atoms with Gasteiger partial charge in [-0.2, -0.15) is 5.10 Å². The maximum Gasteiger partial charge on any atom is 0.231 e. The minimum Gasteiger partial charge on any atom is -0.497 e. The van der Waals surface area contributed by atoms with Crippen molar-refractivity contribution in [3.63, 3.8) is 0 Å².